The number of carbonyl (C=O) groups is 1. The first-order chi connectivity index (χ1) is 9.20. The van der Waals surface area contributed by atoms with E-state index in [0.717, 1.165) is 23.9 Å². The predicted octanol–water partition coefficient (Wildman–Crippen LogP) is 3.15. The van der Waals surface area contributed by atoms with E-state index in [0.29, 0.717) is 17.4 Å². The van der Waals surface area contributed by atoms with Gasteiger partial charge in [0.15, 0.2) is 0 Å². The van der Waals surface area contributed by atoms with E-state index in [9.17, 15) is 18.0 Å². The largest absolute Gasteiger partial charge is 0.416 e. The summed E-state index contributed by atoms with van der Waals surface area (Å²) in [6, 6.07) is 3.14. The summed E-state index contributed by atoms with van der Waals surface area (Å²) in [5, 5.41) is 2.73. The quantitative estimate of drug-likeness (QED) is 0.649. The maximum atomic E-state index is 12.5. The van der Waals surface area contributed by atoms with Crippen molar-refractivity contribution in [3.63, 3.8) is 0 Å². The molecule has 0 aromatic heterocycles. The third kappa shape index (κ3) is 5.32. The van der Waals surface area contributed by atoms with Gasteiger partial charge in [-0.2, -0.15) is 13.2 Å². The van der Waals surface area contributed by atoms with E-state index in [1.807, 2.05) is 13.8 Å². The molecule has 0 unspecified atom stereocenters. The average molecular weight is 306 g/mol. The SMILES string of the molecule is CC(C)CNC(=O)CSc1ccc(C(F)(F)F)cc1N. The molecule has 0 atom stereocenters. The molecule has 1 aromatic carbocycles. The second-order valence-electron chi connectivity index (χ2n) is 4.74. The molecule has 0 aliphatic carbocycles. The zero-order valence-electron chi connectivity index (χ0n) is 11.3. The van der Waals surface area contributed by atoms with Crippen molar-refractivity contribution in [1.29, 1.82) is 0 Å². The molecule has 0 heterocycles. The number of nitrogens with two attached hydrogens (primary N) is 1. The molecule has 0 bridgehead atoms. The maximum absolute atomic E-state index is 12.5. The van der Waals surface area contributed by atoms with Crippen LogP contribution in [0.5, 0.6) is 0 Å². The van der Waals surface area contributed by atoms with Crippen LogP contribution in [0.15, 0.2) is 23.1 Å². The Bertz CT molecular complexity index is 475. The minimum Gasteiger partial charge on any atom is -0.398 e. The number of amides is 1. The fourth-order valence-electron chi connectivity index (χ4n) is 1.37. The number of thioether (sulfide) groups is 1. The molecule has 0 fully saturated rings. The van der Waals surface area contributed by atoms with Crippen LogP contribution >= 0.6 is 11.8 Å². The standard InChI is InChI=1S/C13H17F3N2OS/c1-8(2)6-18-12(19)7-20-11-4-3-9(5-10(11)17)13(14,15)16/h3-5,8H,6-7,17H2,1-2H3,(H,18,19). The normalized spacial score (nSPS) is 11.7. The summed E-state index contributed by atoms with van der Waals surface area (Å²) in [5.41, 5.74) is 4.81. The minimum absolute atomic E-state index is 0.0292. The van der Waals surface area contributed by atoms with Gasteiger partial charge in [-0.15, -0.1) is 11.8 Å². The molecular formula is C13H17F3N2OS. The highest BCUT2D eigenvalue weighted by molar-refractivity contribution is 8.00. The summed E-state index contributed by atoms with van der Waals surface area (Å²) in [5.74, 6) is 0.311. The summed E-state index contributed by atoms with van der Waals surface area (Å²) >= 11 is 1.12. The summed E-state index contributed by atoms with van der Waals surface area (Å²) < 4.78 is 37.4. The lowest BCUT2D eigenvalue weighted by Crippen LogP contribution is -2.28. The third-order valence-corrected chi connectivity index (χ3v) is 3.49. The topological polar surface area (TPSA) is 55.1 Å². The highest BCUT2D eigenvalue weighted by atomic mass is 32.2. The number of hydrogen-bond acceptors (Lipinski definition) is 3. The molecule has 0 aliphatic rings. The van der Waals surface area contributed by atoms with Crippen LogP contribution in [-0.2, 0) is 11.0 Å². The molecule has 1 aromatic rings. The lowest BCUT2D eigenvalue weighted by atomic mass is 10.2. The number of anilines is 1. The van der Waals surface area contributed by atoms with Gasteiger partial charge in [-0.25, -0.2) is 0 Å². The fourth-order valence-corrected chi connectivity index (χ4v) is 2.15. The molecule has 20 heavy (non-hydrogen) atoms. The average Bonchev–Trinajstić information content (AvgIpc) is 2.33. The number of nitrogens with one attached hydrogen (secondary N) is 1. The Morgan fingerprint density at radius 3 is 2.55 bits per heavy atom. The molecule has 112 valence electrons. The number of rotatable bonds is 5. The van der Waals surface area contributed by atoms with Gasteiger partial charge in [0.2, 0.25) is 5.91 Å². The van der Waals surface area contributed by atoms with Crippen molar-refractivity contribution in [3.05, 3.63) is 23.8 Å². The van der Waals surface area contributed by atoms with Gasteiger partial charge in [0.25, 0.3) is 0 Å². The van der Waals surface area contributed by atoms with Crippen molar-refractivity contribution < 1.29 is 18.0 Å². The van der Waals surface area contributed by atoms with Gasteiger partial charge in [0, 0.05) is 17.1 Å². The third-order valence-electron chi connectivity index (χ3n) is 2.40. The first kappa shape index (κ1) is 16.7. The van der Waals surface area contributed by atoms with E-state index < -0.39 is 11.7 Å². The van der Waals surface area contributed by atoms with E-state index in [4.69, 9.17) is 5.73 Å². The first-order valence-electron chi connectivity index (χ1n) is 6.06. The molecule has 1 rings (SSSR count). The molecule has 0 saturated heterocycles. The minimum atomic E-state index is -4.41. The summed E-state index contributed by atoms with van der Waals surface area (Å²) in [6.45, 7) is 4.52. The van der Waals surface area contributed by atoms with Crippen molar-refractivity contribution in [1.82, 2.24) is 5.32 Å². The number of carbonyl (C=O) groups excluding carboxylic acids is 1. The number of hydrogen-bond donors (Lipinski definition) is 2. The number of nitrogen functional groups attached to an aromatic ring is 1. The Labute approximate surface area is 120 Å². The monoisotopic (exact) mass is 306 g/mol. The molecule has 7 heteroatoms. The van der Waals surface area contributed by atoms with E-state index >= 15 is 0 Å². The van der Waals surface area contributed by atoms with Crippen LogP contribution in [0.4, 0.5) is 18.9 Å². The number of alkyl halides is 3. The van der Waals surface area contributed by atoms with Crippen molar-refractivity contribution in [2.24, 2.45) is 5.92 Å². The second kappa shape index (κ2) is 6.88. The van der Waals surface area contributed by atoms with Crippen molar-refractivity contribution in [3.8, 4) is 0 Å². The van der Waals surface area contributed by atoms with Gasteiger partial charge in [-0.3, -0.25) is 4.79 Å². The van der Waals surface area contributed by atoms with E-state index in [1.165, 1.54) is 6.07 Å². The summed E-state index contributed by atoms with van der Waals surface area (Å²) in [7, 11) is 0. The highest BCUT2D eigenvalue weighted by Crippen LogP contribution is 2.34. The zero-order chi connectivity index (χ0) is 15.3. The molecule has 3 N–H and O–H groups in total. The molecule has 0 saturated carbocycles. The fraction of sp³-hybridized carbons (Fsp3) is 0.462. The van der Waals surface area contributed by atoms with Gasteiger partial charge in [0.1, 0.15) is 0 Å². The van der Waals surface area contributed by atoms with Crippen LogP contribution in [-0.4, -0.2) is 18.2 Å². The van der Waals surface area contributed by atoms with Crippen molar-refractivity contribution in [2.45, 2.75) is 24.9 Å². The molecular weight excluding hydrogens is 289 g/mol. The lowest BCUT2D eigenvalue weighted by Gasteiger charge is -2.11. The molecule has 3 nitrogen and oxygen atoms in total. The lowest BCUT2D eigenvalue weighted by molar-refractivity contribution is -0.137. The van der Waals surface area contributed by atoms with Crippen LogP contribution in [0.25, 0.3) is 0 Å². The van der Waals surface area contributed by atoms with Gasteiger partial charge >= 0.3 is 6.18 Å². The van der Waals surface area contributed by atoms with Crippen LogP contribution in [0.1, 0.15) is 19.4 Å². The Morgan fingerprint density at radius 1 is 1.40 bits per heavy atom. The van der Waals surface area contributed by atoms with Crippen LogP contribution in [0.2, 0.25) is 0 Å². The number of benzene rings is 1. The first-order valence-corrected chi connectivity index (χ1v) is 7.05. The molecule has 0 spiro atoms. The zero-order valence-corrected chi connectivity index (χ0v) is 12.1. The Kier molecular flexibility index (Phi) is 5.74. The van der Waals surface area contributed by atoms with Crippen molar-refractivity contribution >= 4 is 23.4 Å². The van der Waals surface area contributed by atoms with Gasteiger partial charge in [0.05, 0.1) is 11.3 Å². The summed E-state index contributed by atoms with van der Waals surface area (Å²) in [6.07, 6.45) is -4.41. The van der Waals surface area contributed by atoms with Gasteiger partial charge in [-0.05, 0) is 24.1 Å². The van der Waals surface area contributed by atoms with E-state index in [2.05, 4.69) is 5.32 Å². The van der Waals surface area contributed by atoms with Gasteiger partial charge in [-0.1, -0.05) is 13.8 Å². The molecule has 0 aliphatic heterocycles. The maximum Gasteiger partial charge on any atom is 0.416 e. The Morgan fingerprint density at radius 2 is 2.05 bits per heavy atom. The highest BCUT2D eigenvalue weighted by Gasteiger charge is 2.30. The second-order valence-corrected chi connectivity index (χ2v) is 5.75. The van der Waals surface area contributed by atoms with Crippen LogP contribution in [0, 0.1) is 5.92 Å². The van der Waals surface area contributed by atoms with Crippen LogP contribution < -0.4 is 11.1 Å². The van der Waals surface area contributed by atoms with Crippen molar-refractivity contribution in [2.75, 3.05) is 18.0 Å². The Balaban J connectivity index is 2.59. The number of halogens is 3. The Hall–Kier alpha value is -1.37. The van der Waals surface area contributed by atoms with Gasteiger partial charge < -0.3 is 11.1 Å². The molecule has 0 radical (unpaired) electrons. The van der Waals surface area contributed by atoms with E-state index in [1.54, 1.807) is 0 Å². The van der Waals surface area contributed by atoms with Crippen LogP contribution in [0.3, 0.4) is 0 Å². The smallest absolute Gasteiger partial charge is 0.398 e. The van der Waals surface area contributed by atoms with E-state index in [-0.39, 0.29) is 17.3 Å². The predicted molar refractivity (Wildman–Crippen MR) is 74.4 cm³/mol. The summed E-state index contributed by atoms with van der Waals surface area (Å²) in [4.78, 5) is 12.0. The molecule has 1 amide bonds.